The molecule has 0 saturated carbocycles. The molecule has 102 valence electrons. The molecule has 0 saturated heterocycles. The summed E-state index contributed by atoms with van der Waals surface area (Å²) in [5.41, 5.74) is 1.82. The van der Waals surface area contributed by atoms with Crippen LogP contribution in [-0.4, -0.2) is 18.1 Å². The quantitative estimate of drug-likeness (QED) is 0.848. The monoisotopic (exact) mass is 295 g/mol. The van der Waals surface area contributed by atoms with Crippen LogP contribution in [0.3, 0.4) is 0 Å². The number of nitrogens with one attached hydrogen (secondary N) is 1. The van der Waals surface area contributed by atoms with Crippen LogP contribution in [0, 0.1) is 5.82 Å². The molecule has 0 aliphatic carbocycles. The minimum atomic E-state index is -0.149. The molecule has 1 aromatic carbocycles. The van der Waals surface area contributed by atoms with Gasteiger partial charge in [0.05, 0.1) is 0 Å². The first-order valence-corrected chi connectivity index (χ1v) is 8.43. The van der Waals surface area contributed by atoms with Crippen molar-refractivity contribution in [2.24, 2.45) is 0 Å². The molecule has 19 heavy (non-hydrogen) atoms. The van der Waals surface area contributed by atoms with Crippen LogP contribution in [0.2, 0.25) is 0 Å². The van der Waals surface area contributed by atoms with Crippen molar-refractivity contribution in [1.82, 2.24) is 5.32 Å². The summed E-state index contributed by atoms with van der Waals surface area (Å²) in [5.74, 6) is -0.149. The molecule has 1 heterocycles. The van der Waals surface area contributed by atoms with Crippen molar-refractivity contribution in [3.8, 4) is 10.4 Å². The van der Waals surface area contributed by atoms with Crippen LogP contribution in [0.25, 0.3) is 10.4 Å². The summed E-state index contributed by atoms with van der Waals surface area (Å²) in [6.45, 7) is 3.94. The van der Waals surface area contributed by atoms with Gasteiger partial charge in [-0.3, -0.25) is 0 Å². The van der Waals surface area contributed by atoms with E-state index in [2.05, 4.69) is 18.5 Å². The maximum atomic E-state index is 13.8. The van der Waals surface area contributed by atoms with Crippen LogP contribution in [-0.2, 0) is 6.54 Å². The van der Waals surface area contributed by atoms with Crippen LogP contribution in [0.1, 0.15) is 12.5 Å². The number of benzene rings is 1. The molecule has 2 aromatic rings. The number of thiophene rings is 1. The molecule has 1 nitrogen and oxygen atoms in total. The lowest BCUT2D eigenvalue weighted by Gasteiger charge is -2.10. The molecule has 0 amide bonds. The third-order valence-electron chi connectivity index (χ3n) is 2.98. The summed E-state index contributed by atoms with van der Waals surface area (Å²) in [7, 11) is 0. The van der Waals surface area contributed by atoms with Gasteiger partial charge in [0.2, 0.25) is 0 Å². The van der Waals surface area contributed by atoms with E-state index in [0.717, 1.165) is 23.5 Å². The first-order chi connectivity index (χ1) is 9.20. The number of hydrogen-bond donors (Lipinski definition) is 1. The SMILES string of the molecule is CSC(C)CNCc1ccc(F)c(-c2cccs2)c1. The van der Waals surface area contributed by atoms with Gasteiger partial charge in [0.15, 0.2) is 0 Å². The molecule has 1 unspecified atom stereocenters. The summed E-state index contributed by atoms with van der Waals surface area (Å²) in [6.07, 6.45) is 2.11. The Labute approximate surface area is 122 Å². The van der Waals surface area contributed by atoms with Gasteiger partial charge in [0.1, 0.15) is 5.82 Å². The van der Waals surface area contributed by atoms with Gasteiger partial charge >= 0.3 is 0 Å². The topological polar surface area (TPSA) is 12.0 Å². The zero-order valence-corrected chi connectivity index (χ0v) is 12.8. The van der Waals surface area contributed by atoms with E-state index in [1.807, 2.05) is 41.4 Å². The van der Waals surface area contributed by atoms with Crippen LogP contribution < -0.4 is 5.32 Å². The fourth-order valence-electron chi connectivity index (χ4n) is 1.81. The van der Waals surface area contributed by atoms with E-state index in [4.69, 9.17) is 0 Å². The number of thioether (sulfide) groups is 1. The van der Waals surface area contributed by atoms with E-state index in [1.165, 1.54) is 0 Å². The molecule has 0 spiro atoms. The van der Waals surface area contributed by atoms with E-state index >= 15 is 0 Å². The fraction of sp³-hybridized carbons (Fsp3) is 0.333. The summed E-state index contributed by atoms with van der Waals surface area (Å²) < 4.78 is 13.8. The Kier molecular flexibility index (Phi) is 5.43. The van der Waals surface area contributed by atoms with E-state index < -0.39 is 0 Å². The highest BCUT2D eigenvalue weighted by atomic mass is 32.2. The van der Waals surface area contributed by atoms with Crippen LogP contribution in [0.4, 0.5) is 4.39 Å². The Morgan fingerprint density at radius 1 is 1.37 bits per heavy atom. The van der Waals surface area contributed by atoms with Gasteiger partial charge in [-0.05, 0) is 35.4 Å². The van der Waals surface area contributed by atoms with E-state index in [9.17, 15) is 4.39 Å². The first-order valence-electron chi connectivity index (χ1n) is 6.26. The van der Waals surface area contributed by atoms with Crippen LogP contribution in [0.15, 0.2) is 35.7 Å². The third kappa shape index (κ3) is 4.06. The molecule has 4 heteroatoms. The lowest BCUT2D eigenvalue weighted by Crippen LogP contribution is -2.22. The molecule has 0 radical (unpaired) electrons. The van der Waals surface area contributed by atoms with Crippen molar-refractivity contribution in [2.75, 3.05) is 12.8 Å². The van der Waals surface area contributed by atoms with Gasteiger partial charge in [-0.15, -0.1) is 11.3 Å². The average molecular weight is 295 g/mol. The highest BCUT2D eigenvalue weighted by molar-refractivity contribution is 7.99. The molecule has 0 bridgehead atoms. The van der Waals surface area contributed by atoms with Gasteiger partial charge in [-0.1, -0.05) is 19.1 Å². The Morgan fingerprint density at radius 3 is 2.89 bits per heavy atom. The molecule has 0 aliphatic heterocycles. The fourth-order valence-corrected chi connectivity index (χ4v) is 2.83. The van der Waals surface area contributed by atoms with E-state index in [1.54, 1.807) is 17.4 Å². The maximum Gasteiger partial charge on any atom is 0.131 e. The smallest absolute Gasteiger partial charge is 0.131 e. The zero-order valence-electron chi connectivity index (χ0n) is 11.2. The molecule has 0 aliphatic rings. The lowest BCUT2D eigenvalue weighted by atomic mass is 10.1. The summed E-state index contributed by atoms with van der Waals surface area (Å²) in [4.78, 5) is 0.983. The number of hydrogen-bond acceptors (Lipinski definition) is 3. The standard InChI is InChI=1S/C15H18FNS2/c1-11(18-2)9-17-10-12-5-6-14(16)13(8-12)15-4-3-7-19-15/h3-8,11,17H,9-10H2,1-2H3. The summed E-state index contributed by atoms with van der Waals surface area (Å²) >= 11 is 3.41. The van der Waals surface area contributed by atoms with Gasteiger partial charge < -0.3 is 5.32 Å². The molecular weight excluding hydrogens is 277 g/mol. The first kappa shape index (κ1) is 14.6. The second kappa shape index (κ2) is 7.08. The Morgan fingerprint density at radius 2 is 2.21 bits per heavy atom. The molecule has 1 aromatic heterocycles. The normalized spacial score (nSPS) is 12.6. The van der Waals surface area contributed by atoms with E-state index in [-0.39, 0.29) is 5.82 Å². The van der Waals surface area contributed by atoms with Gasteiger partial charge in [0, 0.05) is 28.8 Å². The van der Waals surface area contributed by atoms with Gasteiger partial charge in [-0.25, -0.2) is 4.39 Å². The van der Waals surface area contributed by atoms with Gasteiger partial charge in [0.25, 0.3) is 0 Å². The van der Waals surface area contributed by atoms with Crippen molar-refractivity contribution < 1.29 is 4.39 Å². The molecule has 1 atom stereocenters. The molecular formula is C15H18FNS2. The summed E-state index contributed by atoms with van der Waals surface area (Å²) in [5, 5.41) is 5.97. The van der Waals surface area contributed by atoms with Crippen molar-refractivity contribution >= 4 is 23.1 Å². The molecule has 0 fully saturated rings. The molecule has 1 N–H and O–H groups in total. The highest BCUT2D eigenvalue weighted by Crippen LogP contribution is 2.28. The van der Waals surface area contributed by atoms with Crippen LogP contribution in [0.5, 0.6) is 0 Å². The minimum absolute atomic E-state index is 0.149. The Balaban J connectivity index is 2.05. The lowest BCUT2D eigenvalue weighted by molar-refractivity contribution is 0.628. The third-order valence-corrected chi connectivity index (χ3v) is 4.86. The Bertz CT molecular complexity index is 511. The minimum Gasteiger partial charge on any atom is -0.312 e. The average Bonchev–Trinajstić information content (AvgIpc) is 2.94. The van der Waals surface area contributed by atoms with Crippen LogP contribution >= 0.6 is 23.1 Å². The second-order valence-electron chi connectivity index (χ2n) is 4.47. The summed E-state index contributed by atoms with van der Waals surface area (Å²) in [6, 6.07) is 9.26. The second-order valence-corrected chi connectivity index (χ2v) is 6.69. The predicted octanol–water partition coefficient (Wildman–Crippen LogP) is 4.40. The van der Waals surface area contributed by atoms with Crippen molar-refractivity contribution in [3.05, 3.63) is 47.1 Å². The van der Waals surface area contributed by atoms with E-state index in [0.29, 0.717) is 10.8 Å². The number of rotatable bonds is 6. The molecule has 2 rings (SSSR count). The largest absolute Gasteiger partial charge is 0.312 e. The van der Waals surface area contributed by atoms with Gasteiger partial charge in [-0.2, -0.15) is 11.8 Å². The van der Waals surface area contributed by atoms with Crippen molar-refractivity contribution in [1.29, 1.82) is 0 Å². The predicted molar refractivity (Wildman–Crippen MR) is 84.4 cm³/mol. The zero-order chi connectivity index (χ0) is 13.7. The highest BCUT2D eigenvalue weighted by Gasteiger charge is 2.07. The maximum absolute atomic E-state index is 13.8. The number of halogens is 1. The Hall–Kier alpha value is -0.840. The van der Waals surface area contributed by atoms with Crippen molar-refractivity contribution in [2.45, 2.75) is 18.7 Å². The van der Waals surface area contributed by atoms with Crippen molar-refractivity contribution in [3.63, 3.8) is 0 Å².